The monoisotopic (exact) mass is 348 g/mol. The third-order valence-electron chi connectivity index (χ3n) is 3.03. The number of anilines is 1. The predicted molar refractivity (Wildman–Crippen MR) is 78.2 cm³/mol. The Balaban J connectivity index is 1.90. The van der Waals surface area contributed by atoms with Crippen LogP contribution in [-0.4, -0.2) is 50.2 Å². The van der Waals surface area contributed by atoms with E-state index in [9.17, 15) is 18.0 Å². The Morgan fingerprint density at radius 1 is 1.43 bits per heavy atom. The number of alkyl halides is 3. The van der Waals surface area contributed by atoms with Crippen LogP contribution in [0.1, 0.15) is 22.4 Å². The number of amides is 1. The van der Waals surface area contributed by atoms with Gasteiger partial charge in [0.2, 0.25) is 10.1 Å². The van der Waals surface area contributed by atoms with E-state index in [2.05, 4.69) is 20.5 Å². The minimum atomic E-state index is -4.50. The maximum Gasteiger partial charge on any atom is 0.445 e. The molecule has 0 aliphatic rings. The van der Waals surface area contributed by atoms with Gasteiger partial charge in [-0.05, 0) is 6.92 Å². The normalized spacial score (nSPS) is 11.5. The number of likely N-dealkylation sites (N-methyl/N-ethyl adjacent to an activating group) is 1. The predicted octanol–water partition coefficient (Wildman–Crippen LogP) is 1.86. The van der Waals surface area contributed by atoms with Crippen molar-refractivity contribution >= 4 is 22.4 Å². The van der Waals surface area contributed by atoms with Crippen LogP contribution in [0.15, 0.2) is 12.5 Å². The summed E-state index contributed by atoms with van der Waals surface area (Å²) < 4.78 is 38.9. The van der Waals surface area contributed by atoms with Crippen LogP contribution in [0.25, 0.3) is 0 Å². The second-order valence-electron chi connectivity index (χ2n) is 4.61. The van der Waals surface area contributed by atoms with Crippen molar-refractivity contribution in [3.63, 3.8) is 0 Å². The van der Waals surface area contributed by atoms with Gasteiger partial charge in [0.1, 0.15) is 5.69 Å². The van der Waals surface area contributed by atoms with E-state index in [-0.39, 0.29) is 17.6 Å². The van der Waals surface area contributed by atoms with E-state index in [1.54, 1.807) is 16.5 Å². The van der Waals surface area contributed by atoms with Gasteiger partial charge in [0, 0.05) is 26.7 Å². The molecule has 2 aromatic rings. The number of carbonyl (C=O) groups excluding carboxylic acids is 1. The minimum Gasteiger partial charge on any atom is -0.358 e. The topological polar surface area (TPSA) is 75.9 Å². The average Bonchev–Trinajstić information content (AvgIpc) is 3.11. The van der Waals surface area contributed by atoms with E-state index < -0.39 is 11.2 Å². The fourth-order valence-corrected chi connectivity index (χ4v) is 2.47. The van der Waals surface area contributed by atoms with Crippen LogP contribution in [0, 0.1) is 0 Å². The molecule has 1 amide bonds. The molecule has 0 radical (unpaired) electrons. The highest BCUT2D eigenvalue weighted by molar-refractivity contribution is 7.15. The molecule has 0 unspecified atom stereocenters. The number of imidazole rings is 1. The molecule has 0 saturated heterocycles. The van der Waals surface area contributed by atoms with E-state index in [0.29, 0.717) is 30.1 Å². The summed E-state index contributed by atoms with van der Waals surface area (Å²) >= 11 is 0.432. The molecule has 0 bridgehead atoms. The van der Waals surface area contributed by atoms with Crippen molar-refractivity contribution in [2.75, 3.05) is 25.0 Å². The maximum absolute atomic E-state index is 12.4. The van der Waals surface area contributed by atoms with E-state index in [4.69, 9.17) is 0 Å². The lowest BCUT2D eigenvalue weighted by Crippen LogP contribution is -2.35. The molecule has 0 fully saturated rings. The smallest absolute Gasteiger partial charge is 0.358 e. The Kier molecular flexibility index (Phi) is 5.19. The van der Waals surface area contributed by atoms with Crippen molar-refractivity contribution in [2.24, 2.45) is 7.05 Å². The van der Waals surface area contributed by atoms with E-state index in [0.717, 1.165) is 0 Å². The van der Waals surface area contributed by atoms with Crippen molar-refractivity contribution in [3.05, 3.63) is 23.2 Å². The number of hydrogen-bond acceptors (Lipinski definition) is 6. The Morgan fingerprint density at radius 3 is 2.70 bits per heavy atom. The third kappa shape index (κ3) is 4.18. The fourth-order valence-electron chi connectivity index (χ4n) is 1.84. The first-order chi connectivity index (χ1) is 10.8. The van der Waals surface area contributed by atoms with Gasteiger partial charge >= 0.3 is 6.18 Å². The summed E-state index contributed by atoms with van der Waals surface area (Å²) in [6.45, 7) is 2.88. The van der Waals surface area contributed by atoms with Crippen LogP contribution >= 0.6 is 11.3 Å². The Morgan fingerprint density at radius 2 is 2.17 bits per heavy atom. The van der Waals surface area contributed by atoms with Crippen molar-refractivity contribution in [3.8, 4) is 0 Å². The maximum atomic E-state index is 12.4. The molecule has 2 aromatic heterocycles. The highest BCUT2D eigenvalue weighted by Gasteiger charge is 2.35. The SMILES string of the molecule is CCN(CCNc1nnc(C(F)(F)F)s1)C(=O)c1cncn1C. The molecular formula is C12H15F3N6OS. The standard InChI is InChI=1S/C12H15F3N6OS/c1-3-21(9(22)8-6-16-7-20(8)2)5-4-17-11-19-18-10(23-11)12(13,14)15/h6-7H,3-5H2,1-2H3,(H,17,19). The quantitative estimate of drug-likeness (QED) is 0.862. The van der Waals surface area contributed by atoms with Gasteiger partial charge in [0.05, 0.1) is 12.5 Å². The number of halogens is 3. The average molecular weight is 348 g/mol. The summed E-state index contributed by atoms with van der Waals surface area (Å²) in [4.78, 5) is 17.8. The Hall–Kier alpha value is -2.17. The molecule has 0 atom stereocenters. The summed E-state index contributed by atoms with van der Waals surface area (Å²) in [6.07, 6.45) is -1.50. The number of rotatable bonds is 6. The van der Waals surface area contributed by atoms with Crippen molar-refractivity contribution in [2.45, 2.75) is 13.1 Å². The molecule has 0 saturated carbocycles. The number of nitrogens with one attached hydrogen (secondary N) is 1. The molecule has 0 spiro atoms. The summed E-state index contributed by atoms with van der Waals surface area (Å²) in [5, 5.41) is 8.33. The summed E-state index contributed by atoms with van der Waals surface area (Å²) in [7, 11) is 1.71. The van der Waals surface area contributed by atoms with Crippen molar-refractivity contribution < 1.29 is 18.0 Å². The molecule has 126 valence electrons. The number of carbonyl (C=O) groups is 1. The zero-order chi connectivity index (χ0) is 17.0. The first-order valence-corrected chi connectivity index (χ1v) is 7.54. The molecule has 1 N–H and O–H groups in total. The van der Waals surface area contributed by atoms with Crippen LogP contribution in [0.4, 0.5) is 18.3 Å². The molecule has 0 aliphatic heterocycles. The molecule has 2 heterocycles. The van der Waals surface area contributed by atoms with Gasteiger partial charge in [0.15, 0.2) is 0 Å². The van der Waals surface area contributed by atoms with Crippen molar-refractivity contribution in [1.82, 2.24) is 24.6 Å². The second-order valence-corrected chi connectivity index (χ2v) is 5.59. The van der Waals surface area contributed by atoms with Crippen LogP contribution < -0.4 is 5.32 Å². The van der Waals surface area contributed by atoms with Gasteiger partial charge in [-0.15, -0.1) is 10.2 Å². The lowest BCUT2D eigenvalue weighted by Gasteiger charge is -2.20. The zero-order valence-corrected chi connectivity index (χ0v) is 13.3. The van der Waals surface area contributed by atoms with E-state index in [1.165, 1.54) is 12.5 Å². The molecule has 0 aliphatic carbocycles. The first kappa shape index (κ1) is 17.2. The number of aromatic nitrogens is 4. The van der Waals surface area contributed by atoms with Gasteiger partial charge in [-0.1, -0.05) is 11.3 Å². The van der Waals surface area contributed by atoms with Crippen LogP contribution in [-0.2, 0) is 13.2 Å². The molecule has 11 heteroatoms. The molecule has 2 rings (SSSR count). The fraction of sp³-hybridized carbons (Fsp3) is 0.500. The summed E-state index contributed by atoms with van der Waals surface area (Å²) in [5.74, 6) is -0.192. The first-order valence-electron chi connectivity index (χ1n) is 6.73. The van der Waals surface area contributed by atoms with Gasteiger partial charge in [-0.3, -0.25) is 4.79 Å². The van der Waals surface area contributed by atoms with E-state index >= 15 is 0 Å². The van der Waals surface area contributed by atoms with Gasteiger partial charge in [-0.25, -0.2) is 4.98 Å². The third-order valence-corrected chi connectivity index (χ3v) is 3.96. The Bertz CT molecular complexity index is 668. The molecular weight excluding hydrogens is 333 g/mol. The van der Waals surface area contributed by atoms with Crippen LogP contribution in [0.5, 0.6) is 0 Å². The van der Waals surface area contributed by atoms with Gasteiger partial charge < -0.3 is 14.8 Å². The highest BCUT2D eigenvalue weighted by Crippen LogP contribution is 2.32. The van der Waals surface area contributed by atoms with E-state index in [1.807, 2.05) is 6.92 Å². The van der Waals surface area contributed by atoms with Crippen LogP contribution in [0.2, 0.25) is 0 Å². The molecule has 7 nitrogen and oxygen atoms in total. The van der Waals surface area contributed by atoms with Crippen molar-refractivity contribution in [1.29, 1.82) is 0 Å². The lowest BCUT2D eigenvalue weighted by molar-refractivity contribution is -0.138. The molecule has 23 heavy (non-hydrogen) atoms. The Labute approximate surface area is 134 Å². The summed E-state index contributed by atoms with van der Waals surface area (Å²) in [6, 6.07) is 0. The number of hydrogen-bond donors (Lipinski definition) is 1. The summed E-state index contributed by atoms with van der Waals surface area (Å²) in [5.41, 5.74) is 0.446. The molecule has 0 aromatic carbocycles. The minimum absolute atomic E-state index is 0.0707. The zero-order valence-electron chi connectivity index (χ0n) is 12.5. The number of nitrogens with zero attached hydrogens (tertiary/aromatic N) is 5. The van der Waals surface area contributed by atoms with Crippen LogP contribution in [0.3, 0.4) is 0 Å². The largest absolute Gasteiger partial charge is 0.445 e. The van der Waals surface area contributed by atoms with Gasteiger partial charge in [-0.2, -0.15) is 13.2 Å². The second kappa shape index (κ2) is 6.94. The highest BCUT2D eigenvalue weighted by atomic mass is 32.1. The lowest BCUT2D eigenvalue weighted by atomic mass is 10.3. The number of aryl methyl sites for hydroxylation is 1. The van der Waals surface area contributed by atoms with Gasteiger partial charge in [0.25, 0.3) is 5.91 Å².